The van der Waals surface area contributed by atoms with Crippen LogP contribution in [0, 0.1) is 6.92 Å². The summed E-state index contributed by atoms with van der Waals surface area (Å²) in [5, 5.41) is 0. The maximum Gasteiger partial charge on any atom is 0.0740 e. The molecule has 6 aromatic rings. The van der Waals surface area contributed by atoms with Crippen LogP contribution in [-0.2, 0) is 5.41 Å². The molecule has 1 unspecified atom stereocenters. The summed E-state index contributed by atoms with van der Waals surface area (Å²) >= 11 is 1.95. The van der Waals surface area contributed by atoms with Crippen LogP contribution in [0.3, 0.4) is 0 Å². The fourth-order valence-electron chi connectivity index (χ4n) is 6.75. The van der Waals surface area contributed by atoms with E-state index in [0.717, 1.165) is 0 Å². The van der Waals surface area contributed by atoms with Crippen molar-refractivity contribution in [1.29, 1.82) is 0 Å². The number of thiophene rings is 1. The molecule has 0 nitrogen and oxygen atoms in total. The van der Waals surface area contributed by atoms with Gasteiger partial charge in [-0.1, -0.05) is 133 Å². The number of rotatable bonds is 2. The fraction of sp³-hybridized carbons (Fsp3) is 0.0556. The van der Waals surface area contributed by atoms with Crippen molar-refractivity contribution in [2.24, 2.45) is 0 Å². The molecular formula is C36H24S. The third-order valence-electron chi connectivity index (χ3n) is 8.16. The van der Waals surface area contributed by atoms with Gasteiger partial charge in [-0.15, -0.1) is 11.3 Å². The van der Waals surface area contributed by atoms with Crippen molar-refractivity contribution in [2.75, 3.05) is 0 Å². The Hall–Kier alpha value is -4.20. The highest BCUT2D eigenvalue weighted by Gasteiger charge is 2.54. The Morgan fingerprint density at radius 2 is 1.05 bits per heavy atom. The lowest BCUT2D eigenvalue weighted by Crippen LogP contribution is -2.26. The molecule has 0 bridgehead atoms. The Balaban J connectivity index is 1.60. The first-order valence-electron chi connectivity index (χ1n) is 12.9. The van der Waals surface area contributed by atoms with Gasteiger partial charge in [-0.25, -0.2) is 0 Å². The first-order valence-corrected chi connectivity index (χ1v) is 13.7. The molecule has 5 aromatic carbocycles. The van der Waals surface area contributed by atoms with Crippen molar-refractivity contribution in [3.05, 3.63) is 155 Å². The Kier molecular flexibility index (Phi) is 4.33. The van der Waals surface area contributed by atoms with E-state index in [0.29, 0.717) is 0 Å². The van der Waals surface area contributed by atoms with Crippen molar-refractivity contribution in [1.82, 2.24) is 0 Å². The molecule has 174 valence electrons. The molecule has 1 atom stereocenters. The van der Waals surface area contributed by atoms with Crippen LogP contribution in [0.4, 0.5) is 0 Å². The molecule has 0 radical (unpaired) electrons. The summed E-state index contributed by atoms with van der Waals surface area (Å²) in [6.45, 7) is 2.20. The van der Waals surface area contributed by atoms with Crippen LogP contribution in [0.25, 0.3) is 43.1 Å². The Bertz CT molecular complexity index is 1820. The smallest absolute Gasteiger partial charge is 0.0740 e. The summed E-state index contributed by atoms with van der Waals surface area (Å²) in [4.78, 5) is 2.75. The minimum Gasteiger partial charge on any atom is -0.134 e. The number of aryl methyl sites for hydroxylation is 1. The number of benzene rings is 5. The molecule has 0 fully saturated rings. The largest absolute Gasteiger partial charge is 0.134 e. The van der Waals surface area contributed by atoms with Gasteiger partial charge < -0.3 is 0 Å². The van der Waals surface area contributed by atoms with Gasteiger partial charge in [0, 0.05) is 15.3 Å². The van der Waals surface area contributed by atoms with Gasteiger partial charge >= 0.3 is 0 Å². The maximum atomic E-state index is 2.39. The first kappa shape index (κ1) is 20.9. The summed E-state index contributed by atoms with van der Waals surface area (Å²) in [5.41, 5.74) is 14.6. The van der Waals surface area contributed by atoms with Crippen LogP contribution >= 0.6 is 11.3 Å². The van der Waals surface area contributed by atoms with E-state index in [1.54, 1.807) is 0 Å². The highest BCUT2D eigenvalue weighted by molar-refractivity contribution is 7.20. The first-order chi connectivity index (χ1) is 18.3. The topological polar surface area (TPSA) is 0 Å². The van der Waals surface area contributed by atoms with Crippen molar-refractivity contribution >= 4 is 11.3 Å². The van der Waals surface area contributed by atoms with E-state index >= 15 is 0 Å². The summed E-state index contributed by atoms with van der Waals surface area (Å²) in [6, 6.07) is 47.2. The van der Waals surface area contributed by atoms with Gasteiger partial charge in [0.15, 0.2) is 0 Å². The average molecular weight is 489 g/mol. The van der Waals surface area contributed by atoms with Crippen LogP contribution in [0.5, 0.6) is 0 Å². The second kappa shape index (κ2) is 7.65. The monoisotopic (exact) mass is 488 g/mol. The minimum atomic E-state index is -0.333. The summed E-state index contributed by atoms with van der Waals surface area (Å²) < 4.78 is 0. The van der Waals surface area contributed by atoms with Gasteiger partial charge in [-0.05, 0) is 57.0 Å². The highest BCUT2D eigenvalue weighted by Crippen LogP contribution is 2.67. The van der Waals surface area contributed by atoms with Gasteiger partial charge in [0.05, 0.1) is 5.41 Å². The zero-order chi connectivity index (χ0) is 24.6. The SMILES string of the molecule is Cc1ccc2c(c1)-c1ccccc1C21c2ccccc2-c2sc(-c3ccccc3)c(-c3ccccc3)c21. The Morgan fingerprint density at radius 3 is 1.78 bits per heavy atom. The van der Waals surface area contributed by atoms with Crippen LogP contribution in [0.1, 0.15) is 27.8 Å². The lowest BCUT2D eigenvalue weighted by atomic mass is 9.69. The van der Waals surface area contributed by atoms with Crippen molar-refractivity contribution in [3.8, 4) is 43.1 Å². The number of hydrogen-bond donors (Lipinski definition) is 0. The molecule has 0 saturated heterocycles. The number of hydrogen-bond acceptors (Lipinski definition) is 1. The van der Waals surface area contributed by atoms with E-state index in [4.69, 9.17) is 0 Å². The normalized spacial score (nSPS) is 16.4. The maximum absolute atomic E-state index is 2.39. The molecule has 8 rings (SSSR count). The lowest BCUT2D eigenvalue weighted by Gasteiger charge is -2.31. The molecule has 37 heavy (non-hydrogen) atoms. The standard InChI is InChI=1S/C36H24S/c1-23-20-21-31-28(22-23)26-16-8-10-18-29(26)36(31)30-19-11-9-17-27(30)35-33(36)32(24-12-4-2-5-13-24)34(37-35)25-14-6-3-7-15-25/h2-22H,1H3. The molecule has 1 aromatic heterocycles. The van der Waals surface area contributed by atoms with E-state index in [2.05, 4.69) is 134 Å². The summed E-state index contributed by atoms with van der Waals surface area (Å²) in [5.74, 6) is 0. The Morgan fingerprint density at radius 1 is 0.486 bits per heavy atom. The van der Waals surface area contributed by atoms with E-state index in [1.807, 2.05) is 11.3 Å². The average Bonchev–Trinajstić information content (AvgIpc) is 3.58. The molecule has 2 aliphatic rings. The van der Waals surface area contributed by atoms with Crippen molar-refractivity contribution in [3.63, 3.8) is 0 Å². The molecule has 1 heteroatoms. The van der Waals surface area contributed by atoms with Gasteiger partial charge in [0.25, 0.3) is 0 Å². The zero-order valence-corrected chi connectivity index (χ0v) is 21.3. The van der Waals surface area contributed by atoms with Gasteiger partial charge in [-0.3, -0.25) is 0 Å². The van der Waals surface area contributed by atoms with Gasteiger partial charge in [-0.2, -0.15) is 0 Å². The molecule has 2 aliphatic carbocycles. The molecule has 0 N–H and O–H groups in total. The predicted octanol–water partition coefficient (Wildman–Crippen LogP) is 9.73. The summed E-state index contributed by atoms with van der Waals surface area (Å²) in [7, 11) is 0. The molecule has 1 spiro atoms. The zero-order valence-electron chi connectivity index (χ0n) is 20.5. The van der Waals surface area contributed by atoms with Crippen molar-refractivity contribution in [2.45, 2.75) is 12.3 Å². The molecule has 0 saturated carbocycles. The minimum absolute atomic E-state index is 0.333. The van der Waals surface area contributed by atoms with E-state index in [-0.39, 0.29) is 5.41 Å². The molecule has 1 heterocycles. The summed E-state index contributed by atoms with van der Waals surface area (Å²) in [6.07, 6.45) is 0. The third-order valence-corrected chi connectivity index (χ3v) is 9.43. The quantitative estimate of drug-likeness (QED) is 0.227. The number of fused-ring (bicyclic) bond motifs is 10. The van der Waals surface area contributed by atoms with Crippen molar-refractivity contribution < 1.29 is 0 Å². The van der Waals surface area contributed by atoms with Crippen LogP contribution < -0.4 is 0 Å². The second-order valence-corrected chi connectivity index (χ2v) is 11.2. The highest BCUT2D eigenvalue weighted by atomic mass is 32.1. The predicted molar refractivity (Wildman–Crippen MR) is 156 cm³/mol. The third kappa shape index (κ3) is 2.67. The van der Waals surface area contributed by atoms with Crippen LogP contribution in [-0.4, -0.2) is 0 Å². The molecular weight excluding hydrogens is 464 g/mol. The van der Waals surface area contributed by atoms with E-state index < -0.39 is 0 Å². The second-order valence-electron chi connectivity index (χ2n) is 10.1. The van der Waals surface area contributed by atoms with E-state index in [1.165, 1.54) is 71.0 Å². The van der Waals surface area contributed by atoms with E-state index in [9.17, 15) is 0 Å². The van der Waals surface area contributed by atoms with Crippen LogP contribution in [0.2, 0.25) is 0 Å². The molecule has 0 aliphatic heterocycles. The Labute approximate surface area is 221 Å². The fourth-order valence-corrected chi connectivity index (χ4v) is 8.18. The molecule has 0 amide bonds. The lowest BCUT2D eigenvalue weighted by molar-refractivity contribution is 0.797. The van der Waals surface area contributed by atoms with Crippen LogP contribution in [0.15, 0.2) is 127 Å². The van der Waals surface area contributed by atoms with Gasteiger partial charge in [0.1, 0.15) is 0 Å². The van der Waals surface area contributed by atoms with Gasteiger partial charge in [0.2, 0.25) is 0 Å².